The molecule has 29 heavy (non-hydrogen) atoms. The van der Waals surface area contributed by atoms with Crippen molar-refractivity contribution in [3.8, 4) is 0 Å². The van der Waals surface area contributed by atoms with E-state index in [-0.39, 0.29) is 24.6 Å². The molecule has 0 aliphatic carbocycles. The lowest BCUT2D eigenvalue weighted by Gasteiger charge is -2.34. The summed E-state index contributed by atoms with van der Waals surface area (Å²) in [6.07, 6.45) is -0.0813. The first-order valence-corrected chi connectivity index (χ1v) is 10.5. The average molecular weight is 419 g/mol. The molecule has 0 fully saturated rings. The van der Waals surface area contributed by atoms with E-state index < -0.39 is 33.1 Å². The Balaban J connectivity index is 1.80. The number of rotatable bonds is 5. The molecule has 1 atom stereocenters. The third-order valence-corrected chi connectivity index (χ3v) is 6.72. The van der Waals surface area contributed by atoms with Crippen LogP contribution in [-0.2, 0) is 38.1 Å². The highest BCUT2D eigenvalue weighted by Gasteiger charge is 2.41. The number of halogens is 1. The summed E-state index contributed by atoms with van der Waals surface area (Å²) in [5, 5.41) is 0. The Labute approximate surface area is 169 Å². The zero-order chi connectivity index (χ0) is 21.2. The number of carbonyl (C=O) groups is 1. The summed E-state index contributed by atoms with van der Waals surface area (Å²) in [5.41, 5.74) is 5.74. The van der Waals surface area contributed by atoms with Gasteiger partial charge in [0.05, 0.1) is 12.2 Å². The maximum atomic E-state index is 14.5. The smallest absolute Gasteiger partial charge is 0.310 e. The first kappa shape index (κ1) is 20.8. The standard InChI is InChI=1S/C20H22FN3O4S/c1-20(13-29(26,27)24(2)19(22)23-20)16-10-15(8-9-17(16)21)11-18(25)28-12-14-6-4-3-5-7-14/h3-10H,11-13H2,1-2H3,(H2,22,23)/t20-/m0/s1. The third-order valence-electron chi connectivity index (χ3n) is 4.77. The number of nitrogens with two attached hydrogens (primary N) is 1. The summed E-state index contributed by atoms with van der Waals surface area (Å²) in [7, 11) is -2.44. The van der Waals surface area contributed by atoms with Crippen LogP contribution in [0, 0.1) is 5.82 Å². The van der Waals surface area contributed by atoms with Crippen LogP contribution in [0.15, 0.2) is 53.5 Å². The molecule has 3 rings (SSSR count). The maximum absolute atomic E-state index is 14.5. The van der Waals surface area contributed by atoms with Gasteiger partial charge in [-0.2, -0.15) is 0 Å². The molecule has 7 nitrogen and oxygen atoms in total. The van der Waals surface area contributed by atoms with E-state index in [1.807, 2.05) is 30.3 Å². The van der Waals surface area contributed by atoms with Crippen LogP contribution < -0.4 is 5.73 Å². The van der Waals surface area contributed by atoms with Gasteiger partial charge in [0.15, 0.2) is 0 Å². The molecule has 1 aliphatic heterocycles. The van der Waals surface area contributed by atoms with E-state index in [0.29, 0.717) is 5.56 Å². The molecule has 9 heteroatoms. The van der Waals surface area contributed by atoms with Gasteiger partial charge in [-0.05, 0) is 30.2 Å². The van der Waals surface area contributed by atoms with Gasteiger partial charge >= 0.3 is 5.97 Å². The van der Waals surface area contributed by atoms with Gasteiger partial charge in [-0.3, -0.25) is 4.79 Å². The van der Waals surface area contributed by atoms with Crippen LogP contribution in [0.3, 0.4) is 0 Å². The fourth-order valence-corrected chi connectivity index (χ4v) is 4.59. The number of aliphatic imine (C=N–C) groups is 1. The molecule has 0 aromatic heterocycles. The first-order chi connectivity index (χ1) is 13.6. The minimum atomic E-state index is -3.74. The summed E-state index contributed by atoms with van der Waals surface area (Å²) in [6, 6.07) is 13.3. The molecule has 2 aromatic rings. The van der Waals surface area contributed by atoms with Crippen molar-refractivity contribution in [1.29, 1.82) is 0 Å². The fourth-order valence-electron chi connectivity index (χ4n) is 3.14. The number of benzene rings is 2. The van der Waals surface area contributed by atoms with Crippen LogP contribution in [-0.4, -0.2) is 37.5 Å². The number of guanidine groups is 1. The van der Waals surface area contributed by atoms with Gasteiger partial charge < -0.3 is 10.5 Å². The van der Waals surface area contributed by atoms with Crippen molar-refractivity contribution in [1.82, 2.24) is 4.31 Å². The van der Waals surface area contributed by atoms with Gasteiger partial charge in [-0.15, -0.1) is 0 Å². The van der Waals surface area contributed by atoms with Crippen molar-refractivity contribution in [2.75, 3.05) is 12.8 Å². The van der Waals surface area contributed by atoms with Gasteiger partial charge in [-0.1, -0.05) is 36.4 Å². The van der Waals surface area contributed by atoms with Crippen LogP contribution in [0.5, 0.6) is 0 Å². The summed E-state index contributed by atoms with van der Waals surface area (Å²) in [6.45, 7) is 1.64. The molecule has 0 spiro atoms. The van der Waals surface area contributed by atoms with Crippen molar-refractivity contribution in [2.45, 2.75) is 25.5 Å². The van der Waals surface area contributed by atoms with Crippen LogP contribution in [0.2, 0.25) is 0 Å². The zero-order valence-corrected chi connectivity index (χ0v) is 16.9. The molecule has 0 saturated carbocycles. The Morgan fingerprint density at radius 1 is 1.24 bits per heavy atom. The lowest BCUT2D eigenvalue weighted by molar-refractivity contribution is -0.144. The Kier molecular flexibility index (Phi) is 5.61. The first-order valence-electron chi connectivity index (χ1n) is 8.91. The quantitative estimate of drug-likeness (QED) is 0.746. The third kappa shape index (κ3) is 4.56. The molecule has 0 unspecified atom stereocenters. The van der Waals surface area contributed by atoms with Crippen molar-refractivity contribution < 1.29 is 22.3 Å². The number of carbonyl (C=O) groups excluding carboxylic acids is 1. The predicted molar refractivity (Wildman–Crippen MR) is 107 cm³/mol. The van der Waals surface area contributed by atoms with E-state index in [0.717, 1.165) is 9.87 Å². The van der Waals surface area contributed by atoms with E-state index in [9.17, 15) is 17.6 Å². The highest BCUT2D eigenvalue weighted by molar-refractivity contribution is 7.89. The summed E-state index contributed by atoms with van der Waals surface area (Å²) in [5.74, 6) is -1.75. The zero-order valence-electron chi connectivity index (χ0n) is 16.1. The minimum Gasteiger partial charge on any atom is -0.461 e. The molecule has 1 aliphatic rings. The molecule has 1 heterocycles. The normalized spacial score (nSPS) is 20.8. The Morgan fingerprint density at radius 3 is 2.59 bits per heavy atom. The monoisotopic (exact) mass is 419 g/mol. The molecule has 0 radical (unpaired) electrons. The SMILES string of the molecule is CN1C(N)=N[C@](C)(c2cc(CC(=O)OCc3ccccc3)ccc2F)CS1(=O)=O. The van der Waals surface area contributed by atoms with Crippen molar-refractivity contribution in [3.63, 3.8) is 0 Å². The summed E-state index contributed by atoms with van der Waals surface area (Å²) in [4.78, 5) is 16.4. The molecular formula is C20H22FN3O4S. The van der Waals surface area contributed by atoms with E-state index in [4.69, 9.17) is 10.5 Å². The Morgan fingerprint density at radius 2 is 1.93 bits per heavy atom. The van der Waals surface area contributed by atoms with E-state index in [1.165, 1.54) is 32.2 Å². The minimum absolute atomic E-state index is 0.0606. The number of hydrogen-bond donors (Lipinski definition) is 1. The lowest BCUT2D eigenvalue weighted by Crippen LogP contribution is -2.50. The topological polar surface area (TPSA) is 102 Å². The lowest BCUT2D eigenvalue weighted by atomic mass is 9.92. The fraction of sp³-hybridized carbons (Fsp3) is 0.300. The molecule has 0 saturated heterocycles. The van der Waals surface area contributed by atoms with Crippen LogP contribution >= 0.6 is 0 Å². The Hall–Kier alpha value is -2.94. The summed E-state index contributed by atoms with van der Waals surface area (Å²) >= 11 is 0. The van der Waals surface area contributed by atoms with Gasteiger partial charge in [0, 0.05) is 12.6 Å². The second-order valence-electron chi connectivity index (χ2n) is 7.10. The number of hydrogen-bond acceptors (Lipinski definition) is 6. The highest BCUT2D eigenvalue weighted by atomic mass is 32.2. The van der Waals surface area contributed by atoms with Gasteiger partial charge in [0.2, 0.25) is 16.0 Å². The predicted octanol–water partition coefficient (Wildman–Crippen LogP) is 1.92. The van der Waals surface area contributed by atoms with Crippen LogP contribution in [0.25, 0.3) is 0 Å². The molecule has 2 N–H and O–H groups in total. The van der Waals surface area contributed by atoms with Gasteiger partial charge in [0.1, 0.15) is 18.0 Å². The van der Waals surface area contributed by atoms with Crippen molar-refractivity contribution in [2.24, 2.45) is 10.7 Å². The number of ether oxygens (including phenoxy) is 1. The van der Waals surface area contributed by atoms with Gasteiger partial charge in [-0.25, -0.2) is 22.1 Å². The molecular weight excluding hydrogens is 397 g/mol. The number of esters is 1. The van der Waals surface area contributed by atoms with E-state index in [1.54, 1.807) is 0 Å². The molecule has 154 valence electrons. The van der Waals surface area contributed by atoms with E-state index in [2.05, 4.69) is 4.99 Å². The second kappa shape index (κ2) is 7.82. The largest absolute Gasteiger partial charge is 0.461 e. The van der Waals surface area contributed by atoms with Crippen molar-refractivity contribution >= 4 is 22.0 Å². The van der Waals surface area contributed by atoms with Crippen LogP contribution in [0.1, 0.15) is 23.6 Å². The second-order valence-corrected chi connectivity index (χ2v) is 9.11. The van der Waals surface area contributed by atoms with Crippen molar-refractivity contribution in [3.05, 3.63) is 71.0 Å². The summed E-state index contributed by atoms with van der Waals surface area (Å²) < 4.78 is 45.4. The molecule has 0 bridgehead atoms. The van der Waals surface area contributed by atoms with E-state index >= 15 is 0 Å². The Bertz CT molecular complexity index is 1060. The molecule has 0 amide bonds. The highest BCUT2D eigenvalue weighted by Crippen LogP contribution is 2.34. The van der Waals surface area contributed by atoms with Gasteiger partial charge in [0.25, 0.3) is 0 Å². The number of sulfonamides is 1. The van der Waals surface area contributed by atoms with Crippen LogP contribution in [0.4, 0.5) is 4.39 Å². The average Bonchev–Trinajstić information content (AvgIpc) is 2.66. The molecule has 2 aromatic carbocycles. The number of nitrogens with zero attached hydrogens (tertiary/aromatic N) is 2. The maximum Gasteiger partial charge on any atom is 0.310 e.